The van der Waals surface area contributed by atoms with Crippen molar-refractivity contribution in [3.8, 4) is 0 Å². The molecule has 0 aliphatic heterocycles. The summed E-state index contributed by atoms with van der Waals surface area (Å²) < 4.78 is 1.05. The molecule has 88 valence electrons. The Labute approximate surface area is 106 Å². The third kappa shape index (κ3) is 3.21. The van der Waals surface area contributed by atoms with E-state index in [4.69, 9.17) is 0 Å². The van der Waals surface area contributed by atoms with Gasteiger partial charge in [0.25, 0.3) is 0 Å². The highest BCUT2D eigenvalue weighted by atomic mass is 79.9. The lowest BCUT2D eigenvalue weighted by Crippen LogP contribution is -2.20. The van der Waals surface area contributed by atoms with Crippen LogP contribution in [0.15, 0.2) is 16.7 Å². The zero-order valence-corrected chi connectivity index (χ0v) is 11.5. The molecule has 1 heterocycles. The van der Waals surface area contributed by atoms with Crippen LogP contribution in [-0.4, -0.2) is 11.0 Å². The molecule has 1 fully saturated rings. The Balaban J connectivity index is 1.99. The number of pyridine rings is 1. The number of rotatable bonds is 5. The standard InChI is InChI=1S/C13H19BrN2/c1-3-12(7-10-4-5-10)16-13-9(2)6-11(14)8-15-13/h6,8,10,12H,3-5,7H2,1-2H3,(H,15,16). The first-order chi connectivity index (χ1) is 7.69. The highest BCUT2D eigenvalue weighted by Gasteiger charge is 2.24. The minimum Gasteiger partial charge on any atom is -0.367 e. The number of halogens is 1. The minimum absolute atomic E-state index is 0.583. The maximum Gasteiger partial charge on any atom is 0.129 e. The van der Waals surface area contributed by atoms with Crippen LogP contribution in [0.5, 0.6) is 0 Å². The van der Waals surface area contributed by atoms with E-state index in [1.165, 1.54) is 31.2 Å². The lowest BCUT2D eigenvalue weighted by Gasteiger charge is -2.18. The maximum absolute atomic E-state index is 4.44. The second kappa shape index (κ2) is 5.17. The molecule has 0 spiro atoms. The summed E-state index contributed by atoms with van der Waals surface area (Å²) in [6, 6.07) is 2.69. The lowest BCUT2D eigenvalue weighted by molar-refractivity contribution is 0.584. The monoisotopic (exact) mass is 282 g/mol. The van der Waals surface area contributed by atoms with Gasteiger partial charge < -0.3 is 5.32 Å². The molecule has 2 rings (SSSR count). The second-order valence-electron chi connectivity index (χ2n) is 4.75. The molecule has 1 aromatic rings. The Bertz CT molecular complexity index is 361. The Morgan fingerprint density at radius 2 is 2.31 bits per heavy atom. The molecule has 0 amide bonds. The van der Waals surface area contributed by atoms with Gasteiger partial charge in [-0.05, 0) is 53.2 Å². The van der Waals surface area contributed by atoms with Gasteiger partial charge in [0.1, 0.15) is 5.82 Å². The molecule has 1 aliphatic carbocycles. The molecule has 1 saturated carbocycles. The molecule has 0 saturated heterocycles. The van der Waals surface area contributed by atoms with E-state index < -0.39 is 0 Å². The molecule has 0 radical (unpaired) electrons. The molecular formula is C13H19BrN2. The van der Waals surface area contributed by atoms with E-state index in [0.29, 0.717) is 6.04 Å². The molecule has 1 atom stereocenters. The third-order valence-electron chi connectivity index (χ3n) is 3.19. The highest BCUT2D eigenvalue weighted by Crippen LogP contribution is 2.34. The summed E-state index contributed by atoms with van der Waals surface area (Å²) in [4.78, 5) is 4.44. The summed E-state index contributed by atoms with van der Waals surface area (Å²) >= 11 is 3.44. The van der Waals surface area contributed by atoms with Crippen LogP contribution >= 0.6 is 15.9 Å². The molecule has 2 nitrogen and oxygen atoms in total. The maximum atomic E-state index is 4.44. The van der Waals surface area contributed by atoms with E-state index >= 15 is 0 Å². The summed E-state index contributed by atoms with van der Waals surface area (Å²) in [5.41, 5.74) is 1.21. The van der Waals surface area contributed by atoms with Gasteiger partial charge >= 0.3 is 0 Å². The number of nitrogens with zero attached hydrogens (tertiary/aromatic N) is 1. The van der Waals surface area contributed by atoms with Gasteiger partial charge in [0, 0.05) is 16.7 Å². The SMILES string of the molecule is CCC(CC1CC1)Nc1ncc(Br)cc1C. The van der Waals surface area contributed by atoms with Crippen LogP contribution in [0, 0.1) is 12.8 Å². The molecule has 16 heavy (non-hydrogen) atoms. The lowest BCUT2D eigenvalue weighted by atomic mass is 10.1. The topological polar surface area (TPSA) is 24.9 Å². The van der Waals surface area contributed by atoms with E-state index in [9.17, 15) is 0 Å². The predicted molar refractivity (Wildman–Crippen MR) is 71.7 cm³/mol. The van der Waals surface area contributed by atoms with Crippen LogP contribution in [-0.2, 0) is 0 Å². The Kier molecular flexibility index (Phi) is 3.85. The van der Waals surface area contributed by atoms with Gasteiger partial charge in [0.05, 0.1) is 0 Å². The van der Waals surface area contributed by atoms with Gasteiger partial charge in [-0.15, -0.1) is 0 Å². The zero-order valence-electron chi connectivity index (χ0n) is 9.96. The summed E-state index contributed by atoms with van der Waals surface area (Å²) in [5, 5.41) is 3.56. The molecule has 0 bridgehead atoms. The van der Waals surface area contributed by atoms with Crippen molar-refractivity contribution in [2.24, 2.45) is 5.92 Å². The van der Waals surface area contributed by atoms with Crippen molar-refractivity contribution in [1.82, 2.24) is 4.98 Å². The van der Waals surface area contributed by atoms with Gasteiger partial charge in [-0.25, -0.2) is 4.98 Å². The largest absolute Gasteiger partial charge is 0.367 e. The van der Waals surface area contributed by atoms with Gasteiger partial charge in [-0.1, -0.05) is 19.8 Å². The molecule has 1 unspecified atom stereocenters. The van der Waals surface area contributed by atoms with Crippen LogP contribution in [0.3, 0.4) is 0 Å². The van der Waals surface area contributed by atoms with Gasteiger partial charge in [0.15, 0.2) is 0 Å². The number of aryl methyl sites for hydroxylation is 1. The second-order valence-corrected chi connectivity index (χ2v) is 5.66. The predicted octanol–water partition coefficient (Wildman–Crippen LogP) is 4.14. The van der Waals surface area contributed by atoms with E-state index in [1.54, 1.807) is 0 Å². The van der Waals surface area contributed by atoms with Crippen LogP contribution in [0.4, 0.5) is 5.82 Å². The van der Waals surface area contributed by atoms with Crippen molar-refractivity contribution in [1.29, 1.82) is 0 Å². The molecule has 1 N–H and O–H groups in total. The van der Waals surface area contributed by atoms with Gasteiger partial charge in [-0.3, -0.25) is 0 Å². The van der Waals surface area contributed by atoms with Crippen LogP contribution in [0.2, 0.25) is 0 Å². The van der Waals surface area contributed by atoms with Crippen molar-refractivity contribution in [2.75, 3.05) is 5.32 Å². The van der Waals surface area contributed by atoms with E-state index in [0.717, 1.165) is 16.2 Å². The molecule has 1 aromatic heterocycles. The van der Waals surface area contributed by atoms with E-state index in [-0.39, 0.29) is 0 Å². The number of hydrogen-bond donors (Lipinski definition) is 1. The minimum atomic E-state index is 0.583. The smallest absolute Gasteiger partial charge is 0.129 e. The fourth-order valence-electron chi connectivity index (χ4n) is 1.97. The van der Waals surface area contributed by atoms with Crippen LogP contribution < -0.4 is 5.32 Å². The van der Waals surface area contributed by atoms with E-state index in [2.05, 4.69) is 46.1 Å². The average Bonchev–Trinajstić information content (AvgIpc) is 3.04. The van der Waals surface area contributed by atoms with Crippen LogP contribution in [0.1, 0.15) is 38.2 Å². The highest BCUT2D eigenvalue weighted by molar-refractivity contribution is 9.10. The number of aromatic nitrogens is 1. The number of nitrogens with one attached hydrogen (secondary N) is 1. The Morgan fingerprint density at radius 3 is 2.88 bits per heavy atom. The first-order valence-corrected chi connectivity index (χ1v) is 6.87. The summed E-state index contributed by atoms with van der Waals surface area (Å²) in [5.74, 6) is 2.00. The first kappa shape index (κ1) is 11.9. The fourth-order valence-corrected chi connectivity index (χ4v) is 2.41. The number of anilines is 1. The van der Waals surface area contributed by atoms with Crippen molar-refractivity contribution >= 4 is 21.7 Å². The molecule has 3 heteroatoms. The summed E-state index contributed by atoms with van der Waals surface area (Å²) in [6.07, 6.45) is 7.18. The van der Waals surface area contributed by atoms with Crippen LogP contribution in [0.25, 0.3) is 0 Å². The summed E-state index contributed by atoms with van der Waals surface area (Å²) in [7, 11) is 0. The van der Waals surface area contributed by atoms with Crippen molar-refractivity contribution in [3.63, 3.8) is 0 Å². The molecular weight excluding hydrogens is 264 g/mol. The average molecular weight is 283 g/mol. The Morgan fingerprint density at radius 1 is 1.56 bits per heavy atom. The zero-order chi connectivity index (χ0) is 11.5. The van der Waals surface area contributed by atoms with Gasteiger partial charge in [-0.2, -0.15) is 0 Å². The van der Waals surface area contributed by atoms with E-state index in [1.807, 2.05) is 6.20 Å². The Hall–Kier alpha value is -0.570. The third-order valence-corrected chi connectivity index (χ3v) is 3.63. The number of hydrogen-bond acceptors (Lipinski definition) is 2. The van der Waals surface area contributed by atoms with Crippen molar-refractivity contribution in [3.05, 3.63) is 22.3 Å². The molecule has 0 aromatic carbocycles. The van der Waals surface area contributed by atoms with Crippen molar-refractivity contribution in [2.45, 2.75) is 45.6 Å². The molecule has 1 aliphatic rings. The van der Waals surface area contributed by atoms with Gasteiger partial charge in [0.2, 0.25) is 0 Å². The normalized spacial score (nSPS) is 17.2. The van der Waals surface area contributed by atoms with Crippen molar-refractivity contribution < 1.29 is 0 Å². The fraction of sp³-hybridized carbons (Fsp3) is 0.615. The summed E-state index contributed by atoms with van der Waals surface area (Å²) in [6.45, 7) is 4.35. The first-order valence-electron chi connectivity index (χ1n) is 6.07. The quantitative estimate of drug-likeness (QED) is 0.878.